The first-order valence-corrected chi connectivity index (χ1v) is 7.65. The van der Waals surface area contributed by atoms with E-state index >= 15 is 0 Å². The Hall–Kier alpha value is -0.830. The molecule has 1 fully saturated rings. The van der Waals surface area contributed by atoms with E-state index in [-0.39, 0.29) is 0 Å². The first-order valence-electron chi connectivity index (χ1n) is 7.27. The van der Waals surface area contributed by atoms with Crippen molar-refractivity contribution in [3.8, 4) is 0 Å². The van der Waals surface area contributed by atoms with Crippen LogP contribution >= 0.6 is 11.6 Å². The molecule has 1 aliphatic rings. The molecule has 4 heteroatoms. The van der Waals surface area contributed by atoms with Crippen LogP contribution in [-0.4, -0.2) is 23.1 Å². The second-order valence-electron chi connectivity index (χ2n) is 5.70. The van der Waals surface area contributed by atoms with E-state index in [4.69, 9.17) is 11.6 Å². The van der Waals surface area contributed by atoms with Gasteiger partial charge in [-0.1, -0.05) is 38.3 Å². The van der Waals surface area contributed by atoms with Crippen LogP contribution in [0.3, 0.4) is 0 Å². The van der Waals surface area contributed by atoms with Crippen molar-refractivity contribution in [2.24, 2.45) is 5.41 Å². The van der Waals surface area contributed by atoms with E-state index in [1.807, 2.05) is 13.8 Å². The summed E-state index contributed by atoms with van der Waals surface area (Å²) in [6, 6.07) is 0. The second kappa shape index (κ2) is 5.66. The predicted octanol–water partition coefficient (Wildman–Crippen LogP) is 4.15. The molecule has 2 rings (SSSR count). The summed E-state index contributed by atoms with van der Waals surface area (Å²) in [6.07, 6.45) is 4.99. The lowest BCUT2D eigenvalue weighted by Gasteiger charge is -2.41. The van der Waals surface area contributed by atoms with Gasteiger partial charge in [-0.15, -0.1) is 0 Å². The molecule has 3 nitrogen and oxygen atoms in total. The van der Waals surface area contributed by atoms with Crippen molar-refractivity contribution < 1.29 is 0 Å². The maximum absolute atomic E-state index is 6.26. The Balaban J connectivity index is 2.16. The molecule has 0 atom stereocenters. The van der Waals surface area contributed by atoms with Crippen LogP contribution in [0.15, 0.2) is 0 Å². The van der Waals surface area contributed by atoms with E-state index in [1.54, 1.807) is 0 Å². The number of anilines is 1. The Bertz CT molecular complexity index is 445. The molecule has 0 N–H and O–H groups in total. The molecule has 106 valence electrons. The van der Waals surface area contributed by atoms with Gasteiger partial charge in [0.15, 0.2) is 11.0 Å². The lowest BCUT2D eigenvalue weighted by atomic mass is 9.74. The van der Waals surface area contributed by atoms with E-state index in [1.165, 1.54) is 25.7 Å². The minimum Gasteiger partial charge on any atom is -0.354 e. The minimum atomic E-state index is 0.524. The lowest BCUT2D eigenvalue weighted by molar-refractivity contribution is 0.199. The number of hydrogen-bond donors (Lipinski definition) is 0. The number of aromatic nitrogens is 2. The molecule has 1 aromatic heterocycles. The number of nitrogens with zero attached hydrogens (tertiary/aromatic N) is 3. The molecule has 0 aliphatic carbocycles. The van der Waals surface area contributed by atoms with Crippen molar-refractivity contribution in [2.75, 3.05) is 18.0 Å². The maximum Gasteiger partial charge on any atom is 0.171 e. The summed E-state index contributed by atoms with van der Waals surface area (Å²) in [5.41, 5.74) is 2.42. The molecule has 19 heavy (non-hydrogen) atoms. The molecule has 0 spiro atoms. The first-order chi connectivity index (χ1) is 9.01. The fourth-order valence-electron chi connectivity index (χ4n) is 2.92. The molecule has 1 aromatic rings. The van der Waals surface area contributed by atoms with Crippen molar-refractivity contribution >= 4 is 17.4 Å². The smallest absolute Gasteiger partial charge is 0.171 e. The fourth-order valence-corrected chi connectivity index (χ4v) is 3.20. The molecule has 1 aliphatic heterocycles. The third-order valence-electron chi connectivity index (χ3n) is 4.87. The van der Waals surface area contributed by atoms with Gasteiger partial charge in [-0.3, -0.25) is 0 Å². The van der Waals surface area contributed by atoms with Gasteiger partial charge in [0, 0.05) is 13.1 Å². The van der Waals surface area contributed by atoms with Crippen LogP contribution in [-0.2, 0) is 0 Å². The molecule has 0 aromatic carbocycles. The summed E-state index contributed by atoms with van der Waals surface area (Å²) in [4.78, 5) is 11.3. The molecule has 0 unspecified atom stereocenters. The highest BCUT2D eigenvalue weighted by Crippen LogP contribution is 2.39. The van der Waals surface area contributed by atoms with Gasteiger partial charge in [-0.25, -0.2) is 9.97 Å². The van der Waals surface area contributed by atoms with Crippen LogP contribution in [0.2, 0.25) is 5.15 Å². The van der Waals surface area contributed by atoms with Crippen molar-refractivity contribution in [3.05, 3.63) is 16.5 Å². The SMILES string of the molecule is CCC1(CC)CCN(c2nc(C)c(C)nc2Cl)CC1. The number of aryl methyl sites for hydroxylation is 2. The molecular formula is C15H24ClN3. The minimum absolute atomic E-state index is 0.524. The summed E-state index contributed by atoms with van der Waals surface area (Å²) in [7, 11) is 0. The highest BCUT2D eigenvalue weighted by Gasteiger charge is 2.32. The standard InChI is InChI=1S/C15H24ClN3/c1-5-15(6-2)7-9-19(10-8-15)14-13(16)17-11(3)12(4)18-14/h5-10H2,1-4H3. The molecule has 1 saturated heterocycles. The largest absolute Gasteiger partial charge is 0.354 e. The molecule has 0 bridgehead atoms. The van der Waals surface area contributed by atoms with Gasteiger partial charge >= 0.3 is 0 Å². The topological polar surface area (TPSA) is 29.0 Å². The molecule has 0 amide bonds. The van der Waals surface area contributed by atoms with Crippen molar-refractivity contribution in [1.82, 2.24) is 9.97 Å². The number of hydrogen-bond acceptors (Lipinski definition) is 3. The van der Waals surface area contributed by atoms with Gasteiger partial charge in [-0.05, 0) is 32.1 Å². The van der Waals surface area contributed by atoms with Gasteiger partial charge in [0.2, 0.25) is 0 Å². The molecule has 2 heterocycles. The third-order valence-corrected chi connectivity index (χ3v) is 5.12. The van der Waals surface area contributed by atoms with E-state index in [2.05, 4.69) is 28.7 Å². The summed E-state index contributed by atoms with van der Waals surface area (Å²) in [5.74, 6) is 0.866. The quantitative estimate of drug-likeness (QED) is 0.833. The van der Waals surface area contributed by atoms with Crippen LogP contribution in [0.4, 0.5) is 5.82 Å². The van der Waals surface area contributed by atoms with E-state index in [9.17, 15) is 0 Å². The zero-order valence-electron chi connectivity index (χ0n) is 12.5. The third kappa shape index (κ3) is 2.86. The Morgan fingerprint density at radius 1 is 1.05 bits per heavy atom. The van der Waals surface area contributed by atoms with Gasteiger partial charge in [-0.2, -0.15) is 0 Å². The van der Waals surface area contributed by atoms with E-state index in [0.29, 0.717) is 10.6 Å². The summed E-state index contributed by atoms with van der Waals surface area (Å²) in [6.45, 7) is 10.6. The monoisotopic (exact) mass is 281 g/mol. The van der Waals surface area contributed by atoms with Crippen molar-refractivity contribution in [1.29, 1.82) is 0 Å². The lowest BCUT2D eigenvalue weighted by Crippen LogP contribution is -2.40. The first kappa shape index (κ1) is 14.6. The zero-order chi connectivity index (χ0) is 14.0. The summed E-state index contributed by atoms with van der Waals surface area (Å²) >= 11 is 6.26. The van der Waals surface area contributed by atoms with Gasteiger partial charge < -0.3 is 4.90 Å². The van der Waals surface area contributed by atoms with Gasteiger partial charge in [0.1, 0.15) is 0 Å². The van der Waals surface area contributed by atoms with Crippen LogP contribution in [0.1, 0.15) is 50.9 Å². The average Bonchev–Trinajstić information content (AvgIpc) is 2.43. The van der Waals surface area contributed by atoms with Gasteiger partial charge in [0.25, 0.3) is 0 Å². The summed E-state index contributed by atoms with van der Waals surface area (Å²) < 4.78 is 0. The molecule has 0 saturated carbocycles. The highest BCUT2D eigenvalue weighted by molar-refractivity contribution is 6.31. The predicted molar refractivity (Wildman–Crippen MR) is 81.0 cm³/mol. The maximum atomic E-state index is 6.26. The fraction of sp³-hybridized carbons (Fsp3) is 0.733. The van der Waals surface area contributed by atoms with E-state index in [0.717, 1.165) is 30.3 Å². The van der Waals surface area contributed by atoms with Crippen molar-refractivity contribution in [2.45, 2.75) is 53.4 Å². The number of rotatable bonds is 3. The Labute approximate surface area is 121 Å². The zero-order valence-corrected chi connectivity index (χ0v) is 13.2. The van der Waals surface area contributed by atoms with Crippen LogP contribution in [0.25, 0.3) is 0 Å². The van der Waals surface area contributed by atoms with Gasteiger partial charge in [0.05, 0.1) is 11.4 Å². The summed E-state index contributed by atoms with van der Waals surface area (Å²) in [5, 5.41) is 0.545. The molecule has 0 radical (unpaired) electrons. The molecular weight excluding hydrogens is 258 g/mol. The van der Waals surface area contributed by atoms with Crippen molar-refractivity contribution in [3.63, 3.8) is 0 Å². The Kier molecular flexibility index (Phi) is 4.34. The highest BCUT2D eigenvalue weighted by atomic mass is 35.5. The average molecular weight is 282 g/mol. The van der Waals surface area contributed by atoms with Crippen LogP contribution in [0.5, 0.6) is 0 Å². The van der Waals surface area contributed by atoms with Crippen LogP contribution in [0, 0.1) is 19.3 Å². The Morgan fingerprint density at radius 2 is 1.58 bits per heavy atom. The number of halogens is 1. The number of piperidine rings is 1. The van der Waals surface area contributed by atoms with E-state index < -0.39 is 0 Å². The van der Waals surface area contributed by atoms with Crippen LogP contribution < -0.4 is 4.90 Å². The second-order valence-corrected chi connectivity index (χ2v) is 6.06. The normalized spacial score (nSPS) is 18.7. The Morgan fingerprint density at radius 3 is 2.11 bits per heavy atom.